The van der Waals surface area contributed by atoms with Gasteiger partial charge in [0.1, 0.15) is 6.23 Å². The third-order valence-electron chi connectivity index (χ3n) is 7.13. The smallest absolute Gasteiger partial charge is 0.222 e. The number of benzene rings is 1. The summed E-state index contributed by atoms with van der Waals surface area (Å²) in [6.07, 6.45) is 12.9. The number of nitrogens with zero attached hydrogens (tertiary/aromatic N) is 4. The largest absolute Gasteiger partial charge is 0.372 e. The fraction of sp³-hybridized carbons (Fsp3) is 0.600. The van der Waals surface area contributed by atoms with Crippen molar-refractivity contribution < 1.29 is 9.53 Å². The summed E-state index contributed by atoms with van der Waals surface area (Å²) in [5.41, 5.74) is 3.63. The number of hydrogen-bond acceptors (Lipinski definition) is 4. The van der Waals surface area contributed by atoms with Gasteiger partial charge in [-0.2, -0.15) is 5.10 Å². The molecule has 0 spiro atoms. The Labute approximate surface area is 185 Å². The summed E-state index contributed by atoms with van der Waals surface area (Å²) < 4.78 is 7.82. The molecular weight excluding hydrogens is 388 g/mol. The molecule has 1 atom stereocenters. The van der Waals surface area contributed by atoms with Crippen molar-refractivity contribution >= 4 is 11.6 Å². The number of ether oxygens (including phenoxy) is 1. The van der Waals surface area contributed by atoms with Crippen LogP contribution >= 0.6 is 0 Å². The second-order valence-electron chi connectivity index (χ2n) is 9.30. The van der Waals surface area contributed by atoms with E-state index < -0.39 is 0 Å². The second-order valence-corrected chi connectivity index (χ2v) is 9.30. The number of rotatable bonds is 5. The van der Waals surface area contributed by atoms with Gasteiger partial charge in [0.2, 0.25) is 5.91 Å². The van der Waals surface area contributed by atoms with Crippen LogP contribution in [0, 0.1) is 5.92 Å². The lowest BCUT2D eigenvalue weighted by Gasteiger charge is -2.37. The zero-order valence-electron chi connectivity index (χ0n) is 18.4. The van der Waals surface area contributed by atoms with Crippen LogP contribution in [0.2, 0.25) is 0 Å². The van der Waals surface area contributed by atoms with Gasteiger partial charge in [-0.1, -0.05) is 12.1 Å². The lowest BCUT2D eigenvalue weighted by atomic mass is 9.94. The Morgan fingerprint density at radius 3 is 2.52 bits per heavy atom. The minimum Gasteiger partial charge on any atom is -0.372 e. The number of amides is 1. The quantitative estimate of drug-likeness (QED) is 0.713. The first kappa shape index (κ1) is 20.6. The molecule has 31 heavy (non-hydrogen) atoms. The number of anilines is 1. The standard InChI is InChI=1S/C25H34N4O2/c30-24-5-1-3-13-28(24)18-20-11-14-27(15-12-20)23-9-7-21(8-10-23)22-17-26-29(19-22)25-6-2-4-16-31-25/h7-10,17,19-20,25H,1-6,11-16,18H2. The maximum Gasteiger partial charge on any atom is 0.222 e. The highest BCUT2D eigenvalue weighted by atomic mass is 16.5. The highest BCUT2D eigenvalue weighted by molar-refractivity contribution is 5.76. The fourth-order valence-corrected chi connectivity index (χ4v) is 5.18. The maximum absolute atomic E-state index is 12.1. The molecule has 4 heterocycles. The third kappa shape index (κ3) is 4.79. The molecule has 3 aliphatic heterocycles. The SMILES string of the molecule is O=C1CCCCN1CC1CCN(c2ccc(-c3cnn(C4CCCCO4)c3)cc2)CC1. The van der Waals surface area contributed by atoms with E-state index in [1.165, 1.54) is 36.9 Å². The van der Waals surface area contributed by atoms with E-state index in [0.29, 0.717) is 11.8 Å². The van der Waals surface area contributed by atoms with Crippen LogP contribution < -0.4 is 4.90 Å². The number of carbonyl (C=O) groups excluding carboxylic acids is 1. The average molecular weight is 423 g/mol. The Kier molecular flexibility index (Phi) is 6.25. The molecule has 6 heteroatoms. The predicted molar refractivity (Wildman–Crippen MR) is 122 cm³/mol. The lowest BCUT2D eigenvalue weighted by molar-refractivity contribution is -0.134. The van der Waals surface area contributed by atoms with Crippen LogP contribution in [-0.4, -0.2) is 53.4 Å². The van der Waals surface area contributed by atoms with Crippen LogP contribution in [0.4, 0.5) is 5.69 Å². The molecule has 2 aromatic rings. The molecule has 0 radical (unpaired) electrons. The number of hydrogen-bond donors (Lipinski definition) is 0. The molecular formula is C25H34N4O2. The van der Waals surface area contributed by atoms with Crippen molar-refractivity contribution in [1.29, 1.82) is 0 Å². The monoisotopic (exact) mass is 422 g/mol. The highest BCUT2D eigenvalue weighted by Gasteiger charge is 2.25. The third-order valence-corrected chi connectivity index (χ3v) is 7.13. The van der Waals surface area contributed by atoms with Gasteiger partial charge in [-0.05, 0) is 68.6 Å². The Morgan fingerprint density at radius 2 is 1.77 bits per heavy atom. The molecule has 1 amide bonds. The van der Waals surface area contributed by atoms with Gasteiger partial charge >= 0.3 is 0 Å². The van der Waals surface area contributed by atoms with Crippen molar-refractivity contribution in [3.05, 3.63) is 36.7 Å². The zero-order chi connectivity index (χ0) is 21.0. The Bertz CT molecular complexity index is 864. The molecule has 0 aliphatic carbocycles. The van der Waals surface area contributed by atoms with Crippen LogP contribution in [0.5, 0.6) is 0 Å². The van der Waals surface area contributed by atoms with E-state index in [1.54, 1.807) is 0 Å². The van der Waals surface area contributed by atoms with Crippen molar-refractivity contribution in [2.24, 2.45) is 5.92 Å². The normalized spacial score (nSPS) is 23.4. The molecule has 3 aliphatic rings. The summed E-state index contributed by atoms with van der Waals surface area (Å²) in [6, 6.07) is 8.88. The topological polar surface area (TPSA) is 50.6 Å². The van der Waals surface area contributed by atoms with Gasteiger partial charge in [0.25, 0.3) is 0 Å². The van der Waals surface area contributed by atoms with Crippen LogP contribution in [0.25, 0.3) is 11.1 Å². The average Bonchev–Trinajstić information content (AvgIpc) is 3.32. The van der Waals surface area contributed by atoms with Gasteiger partial charge < -0.3 is 14.5 Å². The molecule has 0 saturated carbocycles. The van der Waals surface area contributed by atoms with Crippen molar-refractivity contribution in [3.63, 3.8) is 0 Å². The predicted octanol–water partition coefficient (Wildman–Crippen LogP) is 4.48. The second kappa shape index (κ2) is 9.43. The molecule has 0 N–H and O–H groups in total. The van der Waals surface area contributed by atoms with Gasteiger partial charge in [0, 0.05) is 56.7 Å². The van der Waals surface area contributed by atoms with E-state index in [2.05, 4.69) is 45.4 Å². The fourth-order valence-electron chi connectivity index (χ4n) is 5.18. The highest BCUT2D eigenvalue weighted by Crippen LogP contribution is 2.29. The Balaban J connectivity index is 1.15. The van der Waals surface area contributed by atoms with E-state index in [0.717, 1.165) is 64.0 Å². The number of aromatic nitrogens is 2. The molecule has 3 fully saturated rings. The van der Waals surface area contributed by atoms with Gasteiger partial charge in [-0.25, -0.2) is 4.68 Å². The van der Waals surface area contributed by atoms with Crippen LogP contribution in [0.3, 0.4) is 0 Å². The van der Waals surface area contributed by atoms with Crippen molar-refractivity contribution in [2.45, 2.75) is 57.6 Å². The minimum absolute atomic E-state index is 0.0864. The Morgan fingerprint density at radius 1 is 0.935 bits per heavy atom. The molecule has 1 aromatic carbocycles. The summed E-state index contributed by atoms with van der Waals surface area (Å²) in [7, 11) is 0. The van der Waals surface area contributed by atoms with Gasteiger partial charge in [0.05, 0.1) is 6.20 Å². The summed E-state index contributed by atoms with van der Waals surface area (Å²) >= 11 is 0. The van der Waals surface area contributed by atoms with E-state index in [1.807, 2.05) is 10.9 Å². The number of carbonyl (C=O) groups is 1. The van der Waals surface area contributed by atoms with Crippen LogP contribution in [0.1, 0.15) is 57.6 Å². The molecule has 5 rings (SSSR count). The van der Waals surface area contributed by atoms with Crippen molar-refractivity contribution in [2.75, 3.05) is 37.7 Å². The lowest BCUT2D eigenvalue weighted by Crippen LogP contribution is -2.42. The first-order valence-corrected chi connectivity index (χ1v) is 12.1. The molecule has 1 aromatic heterocycles. The molecule has 6 nitrogen and oxygen atoms in total. The van der Waals surface area contributed by atoms with E-state index >= 15 is 0 Å². The van der Waals surface area contributed by atoms with Gasteiger partial charge in [-0.15, -0.1) is 0 Å². The van der Waals surface area contributed by atoms with E-state index in [9.17, 15) is 4.79 Å². The van der Waals surface area contributed by atoms with Crippen molar-refractivity contribution in [1.82, 2.24) is 14.7 Å². The summed E-state index contributed by atoms with van der Waals surface area (Å²) in [4.78, 5) is 16.7. The van der Waals surface area contributed by atoms with Crippen molar-refractivity contribution in [3.8, 4) is 11.1 Å². The summed E-state index contributed by atoms with van der Waals surface area (Å²) in [6.45, 7) is 4.90. The number of likely N-dealkylation sites (tertiary alicyclic amines) is 1. The molecule has 3 saturated heterocycles. The summed E-state index contributed by atoms with van der Waals surface area (Å²) in [5.74, 6) is 1.01. The first-order chi connectivity index (χ1) is 15.3. The Hall–Kier alpha value is -2.34. The van der Waals surface area contributed by atoms with Crippen LogP contribution in [-0.2, 0) is 9.53 Å². The van der Waals surface area contributed by atoms with Gasteiger partial charge in [0.15, 0.2) is 0 Å². The van der Waals surface area contributed by atoms with Crippen LogP contribution in [0.15, 0.2) is 36.7 Å². The zero-order valence-corrected chi connectivity index (χ0v) is 18.4. The van der Waals surface area contributed by atoms with E-state index in [4.69, 9.17) is 4.74 Å². The van der Waals surface area contributed by atoms with E-state index in [-0.39, 0.29) is 6.23 Å². The molecule has 0 bridgehead atoms. The minimum atomic E-state index is 0.0864. The first-order valence-electron chi connectivity index (χ1n) is 12.1. The number of piperidine rings is 2. The molecule has 166 valence electrons. The maximum atomic E-state index is 12.1. The summed E-state index contributed by atoms with van der Waals surface area (Å²) in [5, 5.41) is 4.54. The molecule has 1 unspecified atom stereocenters. The van der Waals surface area contributed by atoms with Gasteiger partial charge in [-0.3, -0.25) is 4.79 Å².